The minimum atomic E-state index is 0.339. The summed E-state index contributed by atoms with van der Waals surface area (Å²) in [5, 5.41) is 0.713. The standard InChI is InChI=1S/C11H10ClNO/c1-9(7-13-8-14)6-10-2-4-11(12)5-3-10/h2-5H,1,6-7H2. The predicted molar refractivity (Wildman–Crippen MR) is 57.3 cm³/mol. The third-order valence-electron chi connectivity index (χ3n) is 1.73. The number of rotatable bonds is 4. The summed E-state index contributed by atoms with van der Waals surface area (Å²) in [5.41, 5.74) is 2.00. The highest BCUT2D eigenvalue weighted by Gasteiger charge is 1.96. The Bertz CT molecular complexity index is 363. The van der Waals surface area contributed by atoms with E-state index >= 15 is 0 Å². The van der Waals surface area contributed by atoms with Crippen molar-refractivity contribution in [1.82, 2.24) is 0 Å². The van der Waals surface area contributed by atoms with Gasteiger partial charge in [-0.3, -0.25) is 0 Å². The Hall–Kier alpha value is -1.37. The minimum absolute atomic E-state index is 0.339. The molecule has 0 aliphatic rings. The number of aliphatic imine (C=N–C) groups is 1. The predicted octanol–water partition coefficient (Wildman–Crippen LogP) is 2.77. The van der Waals surface area contributed by atoms with Gasteiger partial charge in [0.05, 0.1) is 6.54 Å². The van der Waals surface area contributed by atoms with Crippen LogP contribution in [0.15, 0.2) is 41.4 Å². The summed E-state index contributed by atoms with van der Waals surface area (Å²) in [4.78, 5) is 13.3. The average Bonchev–Trinajstić information content (AvgIpc) is 2.18. The molecule has 3 heteroatoms. The quantitative estimate of drug-likeness (QED) is 0.424. The Kier molecular flexibility index (Phi) is 4.11. The highest BCUT2D eigenvalue weighted by molar-refractivity contribution is 6.30. The van der Waals surface area contributed by atoms with Gasteiger partial charge >= 0.3 is 0 Å². The lowest BCUT2D eigenvalue weighted by Crippen LogP contribution is -1.92. The van der Waals surface area contributed by atoms with Gasteiger partial charge in [0.15, 0.2) is 0 Å². The number of benzene rings is 1. The molecule has 0 radical (unpaired) electrons. The second-order valence-corrected chi connectivity index (χ2v) is 3.40. The average molecular weight is 208 g/mol. The molecule has 72 valence electrons. The van der Waals surface area contributed by atoms with Crippen LogP contribution in [0.3, 0.4) is 0 Å². The van der Waals surface area contributed by atoms with Gasteiger partial charge in [-0.05, 0) is 24.1 Å². The van der Waals surface area contributed by atoms with Gasteiger partial charge in [-0.25, -0.2) is 9.79 Å². The molecule has 0 spiro atoms. The number of hydrogen-bond donors (Lipinski definition) is 0. The zero-order chi connectivity index (χ0) is 10.4. The molecule has 0 saturated heterocycles. The first-order chi connectivity index (χ1) is 6.72. The third kappa shape index (κ3) is 3.56. The van der Waals surface area contributed by atoms with Gasteiger partial charge in [0.25, 0.3) is 0 Å². The molecule has 0 unspecified atom stereocenters. The third-order valence-corrected chi connectivity index (χ3v) is 1.99. The highest BCUT2D eigenvalue weighted by Crippen LogP contribution is 2.12. The van der Waals surface area contributed by atoms with E-state index in [1.54, 1.807) is 0 Å². The number of isocyanates is 1. The van der Waals surface area contributed by atoms with E-state index in [0.717, 1.165) is 11.1 Å². The molecule has 0 atom stereocenters. The molecule has 0 aliphatic carbocycles. The van der Waals surface area contributed by atoms with Gasteiger partial charge in [-0.15, -0.1) is 0 Å². The number of hydrogen-bond acceptors (Lipinski definition) is 2. The van der Waals surface area contributed by atoms with E-state index in [9.17, 15) is 4.79 Å². The van der Waals surface area contributed by atoms with Crippen molar-refractivity contribution in [2.75, 3.05) is 6.54 Å². The maximum Gasteiger partial charge on any atom is 0.235 e. The van der Waals surface area contributed by atoms with Gasteiger partial charge < -0.3 is 0 Å². The Balaban J connectivity index is 2.56. The summed E-state index contributed by atoms with van der Waals surface area (Å²) in [6, 6.07) is 7.51. The van der Waals surface area contributed by atoms with Crippen LogP contribution in [0.1, 0.15) is 5.56 Å². The fraction of sp³-hybridized carbons (Fsp3) is 0.182. The maximum atomic E-state index is 9.86. The van der Waals surface area contributed by atoms with E-state index in [-0.39, 0.29) is 0 Å². The fourth-order valence-electron chi connectivity index (χ4n) is 1.09. The van der Waals surface area contributed by atoms with E-state index in [4.69, 9.17) is 11.6 Å². The second kappa shape index (κ2) is 5.38. The van der Waals surface area contributed by atoms with Crippen molar-refractivity contribution in [2.45, 2.75) is 6.42 Å². The molecule has 0 fully saturated rings. The molecule has 1 aromatic rings. The summed E-state index contributed by atoms with van der Waals surface area (Å²) in [7, 11) is 0. The SMILES string of the molecule is C=C(CN=C=O)Cc1ccc(Cl)cc1. The van der Waals surface area contributed by atoms with Crippen LogP contribution in [-0.4, -0.2) is 12.6 Å². The number of carbonyl (C=O) groups excluding carboxylic acids is 1. The molecule has 14 heavy (non-hydrogen) atoms. The monoisotopic (exact) mass is 207 g/mol. The van der Waals surface area contributed by atoms with Gasteiger partial charge in [-0.2, -0.15) is 0 Å². The van der Waals surface area contributed by atoms with E-state index in [2.05, 4.69) is 11.6 Å². The minimum Gasteiger partial charge on any atom is -0.211 e. The summed E-state index contributed by atoms with van der Waals surface area (Å²) in [6.07, 6.45) is 2.20. The summed E-state index contributed by atoms with van der Waals surface area (Å²) in [5.74, 6) is 0. The lowest BCUT2D eigenvalue weighted by molar-refractivity contribution is 0.563. The Labute approximate surface area is 87.9 Å². The fourth-order valence-corrected chi connectivity index (χ4v) is 1.22. The van der Waals surface area contributed by atoms with Crippen LogP contribution in [0.2, 0.25) is 5.02 Å². The van der Waals surface area contributed by atoms with E-state index in [1.165, 1.54) is 6.08 Å². The molecule has 0 amide bonds. The molecule has 0 heterocycles. The molecule has 2 nitrogen and oxygen atoms in total. The zero-order valence-electron chi connectivity index (χ0n) is 7.66. The van der Waals surface area contributed by atoms with Crippen LogP contribution in [-0.2, 0) is 11.2 Å². The van der Waals surface area contributed by atoms with Crippen molar-refractivity contribution in [3.05, 3.63) is 47.0 Å². The van der Waals surface area contributed by atoms with Gasteiger partial charge in [-0.1, -0.05) is 35.9 Å². The highest BCUT2D eigenvalue weighted by atomic mass is 35.5. The van der Waals surface area contributed by atoms with Crippen LogP contribution in [0.5, 0.6) is 0 Å². The Morgan fingerprint density at radius 2 is 2.07 bits per heavy atom. The lowest BCUT2D eigenvalue weighted by Gasteiger charge is -2.01. The van der Waals surface area contributed by atoms with Crippen LogP contribution in [0, 0.1) is 0 Å². The molecule has 1 rings (SSSR count). The van der Waals surface area contributed by atoms with Crippen molar-refractivity contribution in [3.63, 3.8) is 0 Å². The molecule has 0 aromatic heterocycles. The molecule has 0 N–H and O–H groups in total. The second-order valence-electron chi connectivity index (χ2n) is 2.96. The zero-order valence-corrected chi connectivity index (χ0v) is 8.42. The van der Waals surface area contributed by atoms with Gasteiger partial charge in [0.1, 0.15) is 0 Å². The number of nitrogens with zero attached hydrogens (tertiary/aromatic N) is 1. The molecule has 1 aromatic carbocycles. The molecule has 0 bridgehead atoms. The largest absolute Gasteiger partial charge is 0.235 e. The Morgan fingerprint density at radius 1 is 1.43 bits per heavy atom. The summed E-state index contributed by atoms with van der Waals surface area (Å²) in [6.45, 7) is 4.14. The Morgan fingerprint density at radius 3 is 2.64 bits per heavy atom. The first kappa shape index (κ1) is 10.7. The molecular weight excluding hydrogens is 198 g/mol. The smallest absolute Gasteiger partial charge is 0.211 e. The van der Waals surface area contributed by atoms with Crippen molar-refractivity contribution in [1.29, 1.82) is 0 Å². The van der Waals surface area contributed by atoms with Crippen LogP contribution in [0.4, 0.5) is 0 Å². The molecule has 0 saturated carbocycles. The van der Waals surface area contributed by atoms with Crippen LogP contribution >= 0.6 is 11.6 Å². The van der Waals surface area contributed by atoms with Gasteiger partial charge in [0.2, 0.25) is 6.08 Å². The summed E-state index contributed by atoms with van der Waals surface area (Å²) < 4.78 is 0. The van der Waals surface area contributed by atoms with Crippen LogP contribution < -0.4 is 0 Å². The molecule has 0 aliphatic heterocycles. The van der Waals surface area contributed by atoms with E-state index in [1.807, 2.05) is 24.3 Å². The van der Waals surface area contributed by atoms with Crippen molar-refractivity contribution in [3.8, 4) is 0 Å². The van der Waals surface area contributed by atoms with E-state index in [0.29, 0.717) is 18.0 Å². The van der Waals surface area contributed by atoms with E-state index < -0.39 is 0 Å². The maximum absolute atomic E-state index is 9.86. The van der Waals surface area contributed by atoms with Crippen molar-refractivity contribution in [2.24, 2.45) is 4.99 Å². The molecular formula is C11H10ClNO. The van der Waals surface area contributed by atoms with Gasteiger partial charge in [0, 0.05) is 5.02 Å². The van der Waals surface area contributed by atoms with Crippen molar-refractivity contribution >= 4 is 17.7 Å². The topological polar surface area (TPSA) is 29.4 Å². The normalized spacial score (nSPS) is 9.21. The lowest BCUT2D eigenvalue weighted by atomic mass is 10.1. The first-order valence-electron chi connectivity index (χ1n) is 4.17. The van der Waals surface area contributed by atoms with Crippen LogP contribution in [0.25, 0.3) is 0 Å². The van der Waals surface area contributed by atoms with Crippen molar-refractivity contribution < 1.29 is 4.79 Å². The first-order valence-corrected chi connectivity index (χ1v) is 4.55. The number of halogens is 1. The summed E-state index contributed by atoms with van der Waals surface area (Å²) >= 11 is 5.74.